The van der Waals surface area contributed by atoms with Crippen molar-refractivity contribution in [2.24, 2.45) is 0 Å². The number of ether oxygens (including phenoxy) is 1. The number of thiophene rings is 1. The predicted octanol–water partition coefficient (Wildman–Crippen LogP) is 6.41. The van der Waals surface area contributed by atoms with Crippen molar-refractivity contribution in [1.29, 1.82) is 0 Å². The molecule has 27 heavy (non-hydrogen) atoms. The van der Waals surface area contributed by atoms with Gasteiger partial charge in [0.1, 0.15) is 0 Å². The molecule has 142 valence electrons. The van der Waals surface area contributed by atoms with Crippen molar-refractivity contribution >= 4 is 29.1 Å². The first-order valence-electron chi connectivity index (χ1n) is 9.70. The average molecular weight is 399 g/mol. The van der Waals surface area contributed by atoms with Crippen LogP contribution in [-0.2, 0) is 10.2 Å². The molecule has 1 aliphatic heterocycles. The Kier molecular flexibility index (Phi) is 6.68. The van der Waals surface area contributed by atoms with Gasteiger partial charge in [-0.3, -0.25) is 4.79 Å². The largest absolute Gasteiger partial charge is 0.415 e. The van der Waals surface area contributed by atoms with Crippen LogP contribution in [0.3, 0.4) is 0 Å². The molecule has 0 atom stereocenters. The van der Waals surface area contributed by atoms with Gasteiger partial charge in [-0.25, -0.2) is 0 Å². The van der Waals surface area contributed by atoms with Crippen molar-refractivity contribution in [1.82, 2.24) is 0 Å². The Labute approximate surface area is 170 Å². The first-order valence-corrected chi connectivity index (χ1v) is 11.5. The highest BCUT2D eigenvalue weighted by Crippen LogP contribution is 2.46. The average Bonchev–Trinajstić information content (AvgIpc) is 3.13. The van der Waals surface area contributed by atoms with Crippen LogP contribution in [0.25, 0.3) is 0 Å². The Hall–Kier alpha value is -1.70. The van der Waals surface area contributed by atoms with Gasteiger partial charge in [0.25, 0.3) is 0 Å². The van der Waals surface area contributed by atoms with E-state index >= 15 is 0 Å². The van der Waals surface area contributed by atoms with E-state index in [1.807, 2.05) is 30.8 Å². The van der Waals surface area contributed by atoms with Crippen LogP contribution in [-0.4, -0.2) is 11.7 Å². The van der Waals surface area contributed by atoms with Gasteiger partial charge in [-0.2, -0.15) is 0 Å². The molecule has 0 amide bonds. The third kappa shape index (κ3) is 4.59. The van der Waals surface area contributed by atoms with Crippen molar-refractivity contribution in [3.63, 3.8) is 0 Å². The van der Waals surface area contributed by atoms with Gasteiger partial charge in [0.05, 0.1) is 4.88 Å². The molecule has 0 spiro atoms. The molecule has 2 nitrogen and oxygen atoms in total. The number of fused-ring (bicyclic) bond motifs is 1. The smallest absolute Gasteiger partial charge is 0.311 e. The van der Waals surface area contributed by atoms with Gasteiger partial charge in [0.2, 0.25) is 0 Å². The highest BCUT2D eigenvalue weighted by Gasteiger charge is 2.33. The summed E-state index contributed by atoms with van der Waals surface area (Å²) in [4.78, 5) is 13.9. The summed E-state index contributed by atoms with van der Waals surface area (Å²) in [7, 11) is 0. The molecular formula is C23H26O2S2. The van der Waals surface area contributed by atoms with E-state index in [1.165, 1.54) is 46.8 Å². The van der Waals surface area contributed by atoms with Crippen molar-refractivity contribution < 1.29 is 9.53 Å². The predicted molar refractivity (Wildman–Crippen MR) is 115 cm³/mol. The third-order valence-electron chi connectivity index (χ3n) is 5.32. The molecule has 0 bridgehead atoms. The van der Waals surface area contributed by atoms with Crippen LogP contribution in [0.5, 0.6) is 5.06 Å². The number of hydrogen-bond acceptors (Lipinski definition) is 4. The highest BCUT2D eigenvalue weighted by atomic mass is 32.2. The Balaban J connectivity index is 1.80. The minimum Gasteiger partial charge on any atom is -0.415 e. The van der Waals surface area contributed by atoms with E-state index in [-0.39, 0.29) is 5.97 Å². The molecule has 0 fully saturated rings. The summed E-state index contributed by atoms with van der Waals surface area (Å²) >= 11 is 3.39. The number of thioether (sulfide) groups is 1. The van der Waals surface area contributed by atoms with E-state index < -0.39 is 0 Å². The van der Waals surface area contributed by atoms with E-state index in [4.69, 9.17) is 4.74 Å². The lowest BCUT2D eigenvalue weighted by molar-refractivity contribution is -0.134. The molecule has 1 aliphatic rings. The Bertz CT molecular complexity index is 866. The molecule has 1 aromatic heterocycles. The second kappa shape index (κ2) is 8.99. The van der Waals surface area contributed by atoms with Gasteiger partial charge < -0.3 is 4.74 Å². The fourth-order valence-corrected chi connectivity index (χ4v) is 5.60. The second-order valence-electron chi connectivity index (χ2n) is 6.89. The summed E-state index contributed by atoms with van der Waals surface area (Å²) in [5, 5.41) is 0.621. The molecule has 0 radical (unpaired) electrons. The third-order valence-corrected chi connectivity index (χ3v) is 7.28. The van der Waals surface area contributed by atoms with Crippen LogP contribution in [0.1, 0.15) is 68.9 Å². The minimum absolute atomic E-state index is 0.179. The van der Waals surface area contributed by atoms with Gasteiger partial charge >= 0.3 is 5.97 Å². The lowest BCUT2D eigenvalue weighted by Gasteiger charge is -2.37. The number of carbonyl (C=O) groups is 1. The SMILES string of the molecule is CCCC(=O)Oc1ccc(C#Cc2ccc3c(c2)C(CC)(CC)CCS3)s1. The summed E-state index contributed by atoms with van der Waals surface area (Å²) in [5.41, 5.74) is 2.82. The van der Waals surface area contributed by atoms with Crippen LogP contribution in [0, 0.1) is 11.8 Å². The molecule has 2 aromatic rings. The molecule has 0 aliphatic carbocycles. The van der Waals surface area contributed by atoms with Crippen LogP contribution in [0.4, 0.5) is 0 Å². The molecule has 0 N–H and O–H groups in total. The summed E-state index contributed by atoms with van der Waals surface area (Å²) in [5.74, 6) is 7.55. The monoisotopic (exact) mass is 398 g/mol. The quantitative estimate of drug-likeness (QED) is 0.430. The summed E-state index contributed by atoms with van der Waals surface area (Å²) in [6.45, 7) is 6.57. The van der Waals surface area contributed by atoms with Gasteiger partial charge in [0.15, 0.2) is 5.06 Å². The van der Waals surface area contributed by atoms with Crippen LogP contribution in [0.15, 0.2) is 35.2 Å². The molecule has 0 unspecified atom stereocenters. The molecule has 4 heteroatoms. The topological polar surface area (TPSA) is 26.3 Å². The summed E-state index contributed by atoms with van der Waals surface area (Å²) < 4.78 is 5.33. The van der Waals surface area contributed by atoms with Crippen molar-refractivity contribution in [2.75, 3.05) is 5.75 Å². The second-order valence-corrected chi connectivity index (χ2v) is 9.07. The number of rotatable bonds is 5. The zero-order valence-electron chi connectivity index (χ0n) is 16.3. The van der Waals surface area contributed by atoms with Crippen LogP contribution in [0.2, 0.25) is 0 Å². The summed E-state index contributed by atoms with van der Waals surface area (Å²) in [6, 6.07) is 10.4. The lowest BCUT2D eigenvalue weighted by atomic mass is 9.73. The fraction of sp³-hybridized carbons (Fsp3) is 0.435. The standard InChI is InChI=1S/C23H26O2S2/c1-4-7-21(24)25-22-13-11-18(27-22)10-8-17-9-12-20-19(16-17)23(5-2,6-3)14-15-26-20/h9,11-13,16H,4-7,14-15H2,1-3H3. The maximum absolute atomic E-state index is 11.6. The van der Waals surface area contributed by atoms with E-state index in [9.17, 15) is 4.79 Å². The zero-order chi connectivity index (χ0) is 19.3. The van der Waals surface area contributed by atoms with Crippen molar-refractivity contribution in [3.05, 3.63) is 46.3 Å². The number of hydrogen-bond donors (Lipinski definition) is 0. The number of benzene rings is 1. The number of esters is 1. The van der Waals surface area contributed by atoms with Gasteiger partial charge in [-0.1, -0.05) is 43.9 Å². The number of carbonyl (C=O) groups excluding carboxylic acids is 1. The van der Waals surface area contributed by atoms with Gasteiger partial charge in [0, 0.05) is 16.9 Å². The van der Waals surface area contributed by atoms with Gasteiger partial charge in [-0.05, 0) is 72.7 Å². The normalized spacial score (nSPS) is 14.8. The highest BCUT2D eigenvalue weighted by molar-refractivity contribution is 7.99. The Morgan fingerprint density at radius 3 is 2.70 bits per heavy atom. The Morgan fingerprint density at radius 2 is 1.96 bits per heavy atom. The molecule has 0 saturated heterocycles. The molecule has 3 rings (SSSR count). The maximum atomic E-state index is 11.6. The van der Waals surface area contributed by atoms with E-state index in [2.05, 4.69) is 43.9 Å². The minimum atomic E-state index is -0.179. The molecular weight excluding hydrogens is 372 g/mol. The van der Waals surface area contributed by atoms with Crippen LogP contribution < -0.4 is 4.74 Å². The lowest BCUT2D eigenvalue weighted by Crippen LogP contribution is -2.28. The summed E-state index contributed by atoms with van der Waals surface area (Å²) in [6.07, 6.45) is 4.83. The maximum Gasteiger partial charge on any atom is 0.311 e. The Morgan fingerprint density at radius 1 is 1.15 bits per heavy atom. The van der Waals surface area contributed by atoms with Gasteiger partial charge in [-0.15, -0.1) is 11.8 Å². The zero-order valence-corrected chi connectivity index (χ0v) is 17.9. The van der Waals surface area contributed by atoms with E-state index in [0.717, 1.165) is 16.9 Å². The van der Waals surface area contributed by atoms with E-state index in [1.54, 1.807) is 0 Å². The van der Waals surface area contributed by atoms with Crippen molar-refractivity contribution in [3.8, 4) is 16.9 Å². The molecule has 2 heterocycles. The van der Waals surface area contributed by atoms with Crippen LogP contribution >= 0.6 is 23.1 Å². The first kappa shape index (κ1) is 20.0. The molecule has 1 aromatic carbocycles. The molecule has 0 saturated carbocycles. The first-order chi connectivity index (χ1) is 13.1. The van der Waals surface area contributed by atoms with Crippen molar-refractivity contribution in [2.45, 2.75) is 63.2 Å². The fourth-order valence-electron chi connectivity index (χ4n) is 3.57. The van der Waals surface area contributed by atoms with E-state index in [0.29, 0.717) is 16.9 Å².